The molecule has 1 saturated heterocycles. The van der Waals surface area contributed by atoms with Crippen molar-refractivity contribution in [3.8, 4) is 0 Å². The second kappa shape index (κ2) is 10.5. The van der Waals surface area contributed by atoms with Crippen LogP contribution in [0.3, 0.4) is 0 Å². The average molecular weight is 557 g/mol. The van der Waals surface area contributed by atoms with Gasteiger partial charge in [-0.25, -0.2) is 16.8 Å². The van der Waals surface area contributed by atoms with Gasteiger partial charge in [-0.2, -0.15) is 0 Å². The summed E-state index contributed by atoms with van der Waals surface area (Å²) in [6, 6.07) is 10.4. The number of likely N-dealkylation sites (N-methyl/N-ethyl adjacent to an activating group) is 1. The highest BCUT2D eigenvalue weighted by Crippen LogP contribution is 2.31. The number of hydrogen-bond donors (Lipinski definition) is 0. The molecule has 0 N–H and O–H groups in total. The maximum absolute atomic E-state index is 14.1. The zero-order valence-corrected chi connectivity index (χ0v) is 23.8. The molecule has 2 unspecified atom stereocenters. The molecule has 2 amide bonds. The van der Waals surface area contributed by atoms with E-state index in [0.29, 0.717) is 25.0 Å². The Balaban J connectivity index is 1.72. The van der Waals surface area contributed by atoms with Gasteiger partial charge in [0.2, 0.25) is 15.8 Å². The van der Waals surface area contributed by atoms with E-state index in [9.17, 15) is 27.2 Å². The van der Waals surface area contributed by atoms with Gasteiger partial charge < -0.3 is 9.80 Å². The first-order chi connectivity index (χ1) is 18.2. The Bertz CT molecular complexity index is 1560. The van der Waals surface area contributed by atoms with Gasteiger partial charge in [-0.3, -0.25) is 19.3 Å². The fourth-order valence-corrected chi connectivity index (χ4v) is 6.33. The number of halogens is 1. The van der Waals surface area contributed by atoms with E-state index in [1.807, 2.05) is 13.8 Å². The summed E-state index contributed by atoms with van der Waals surface area (Å²) in [4.78, 5) is 44.2. The van der Waals surface area contributed by atoms with Gasteiger partial charge in [0.25, 0.3) is 11.8 Å². The van der Waals surface area contributed by atoms with E-state index < -0.39 is 21.7 Å². The molecule has 1 fully saturated rings. The van der Waals surface area contributed by atoms with Crippen molar-refractivity contribution in [2.24, 2.45) is 0 Å². The minimum atomic E-state index is -3.79. The van der Waals surface area contributed by atoms with Crippen LogP contribution in [-0.2, 0) is 21.4 Å². The number of ketones is 1. The third kappa shape index (κ3) is 5.46. The van der Waals surface area contributed by atoms with Crippen LogP contribution in [0.25, 0.3) is 10.9 Å². The van der Waals surface area contributed by atoms with Gasteiger partial charge in [0.15, 0.2) is 0 Å². The number of carbonyl (C=O) groups is 3. The molecule has 0 radical (unpaired) electrons. The third-order valence-corrected chi connectivity index (χ3v) is 8.37. The van der Waals surface area contributed by atoms with E-state index in [1.54, 1.807) is 24.0 Å². The molecule has 0 spiro atoms. The molecule has 2 heterocycles. The van der Waals surface area contributed by atoms with Crippen LogP contribution in [0.1, 0.15) is 45.8 Å². The maximum atomic E-state index is 14.1. The Morgan fingerprint density at radius 1 is 1.00 bits per heavy atom. The fraction of sp³-hybridized carbons (Fsp3) is 0.393. The Hall–Kier alpha value is -3.57. The van der Waals surface area contributed by atoms with E-state index in [-0.39, 0.29) is 46.1 Å². The summed E-state index contributed by atoms with van der Waals surface area (Å²) in [6.07, 6.45) is 1.06. The number of aromatic nitrogens is 1. The van der Waals surface area contributed by atoms with Crippen molar-refractivity contribution in [3.63, 3.8) is 0 Å². The van der Waals surface area contributed by atoms with E-state index in [4.69, 9.17) is 0 Å². The summed E-state index contributed by atoms with van der Waals surface area (Å²) in [5.41, 5.74) is 1.74. The van der Waals surface area contributed by atoms with Crippen LogP contribution >= 0.6 is 0 Å². The van der Waals surface area contributed by atoms with Crippen LogP contribution in [0.2, 0.25) is 0 Å². The van der Waals surface area contributed by atoms with Crippen molar-refractivity contribution in [1.82, 2.24) is 18.7 Å². The predicted octanol–water partition coefficient (Wildman–Crippen LogP) is 2.90. The summed E-state index contributed by atoms with van der Waals surface area (Å²) in [6.45, 7) is 7.06. The highest BCUT2D eigenvalue weighted by molar-refractivity contribution is 7.89. The van der Waals surface area contributed by atoms with Crippen molar-refractivity contribution >= 4 is 38.5 Å². The highest BCUT2D eigenvalue weighted by Gasteiger charge is 2.35. The molecule has 208 valence electrons. The lowest BCUT2D eigenvalue weighted by Gasteiger charge is -2.44. The number of piperazine rings is 1. The lowest BCUT2D eigenvalue weighted by atomic mass is 10.0. The molecule has 0 bridgehead atoms. The van der Waals surface area contributed by atoms with Gasteiger partial charge in [-0.15, -0.1) is 0 Å². The van der Waals surface area contributed by atoms with Crippen LogP contribution in [0.5, 0.6) is 0 Å². The van der Waals surface area contributed by atoms with Gasteiger partial charge in [0, 0.05) is 62.5 Å². The molecule has 1 aliphatic rings. The summed E-state index contributed by atoms with van der Waals surface area (Å²) >= 11 is 0. The highest BCUT2D eigenvalue weighted by atomic mass is 32.2. The lowest BCUT2D eigenvalue weighted by molar-refractivity contribution is -0.124. The van der Waals surface area contributed by atoms with Gasteiger partial charge in [-0.1, -0.05) is 12.1 Å². The van der Waals surface area contributed by atoms with Crippen LogP contribution < -0.4 is 0 Å². The van der Waals surface area contributed by atoms with Crippen molar-refractivity contribution in [2.75, 3.05) is 33.4 Å². The lowest BCUT2D eigenvalue weighted by Crippen LogP contribution is -2.57. The summed E-state index contributed by atoms with van der Waals surface area (Å²) < 4.78 is 39.9. The van der Waals surface area contributed by atoms with E-state index in [0.717, 1.165) is 15.8 Å². The van der Waals surface area contributed by atoms with E-state index >= 15 is 0 Å². The number of Topliss-reactive ketones (excluding diaryl/α,β-unsaturated/α-hetero) is 1. The number of amides is 2. The smallest absolute Gasteiger partial charge is 0.294 e. The van der Waals surface area contributed by atoms with Crippen LogP contribution in [0, 0.1) is 12.7 Å². The Kier molecular flexibility index (Phi) is 7.68. The van der Waals surface area contributed by atoms with Gasteiger partial charge in [0.1, 0.15) is 5.82 Å². The summed E-state index contributed by atoms with van der Waals surface area (Å²) in [5, 5.41) is 0.300. The van der Waals surface area contributed by atoms with Crippen molar-refractivity contribution in [2.45, 2.75) is 39.4 Å². The molecular weight excluding hydrogens is 523 g/mol. The third-order valence-electron chi connectivity index (χ3n) is 7.23. The quantitative estimate of drug-likeness (QED) is 0.342. The minimum Gasteiger partial charge on any atom is -0.342 e. The fourth-order valence-electron chi connectivity index (χ4n) is 5.23. The predicted molar refractivity (Wildman–Crippen MR) is 147 cm³/mol. The number of fused-ring (bicyclic) bond motifs is 1. The van der Waals surface area contributed by atoms with Gasteiger partial charge in [-0.05, 0) is 56.7 Å². The number of rotatable bonds is 6. The molecule has 1 aliphatic heterocycles. The molecule has 9 nitrogen and oxygen atoms in total. The monoisotopic (exact) mass is 556 g/mol. The zero-order chi connectivity index (χ0) is 28.8. The standard InChI is InChI=1S/C28H33FN4O5S/c1-17-15-32(18(2)14-31(17)16-20-7-10-22(29)11-8-20)27(35)25-19(3)33(39(6,37)38)24-12-9-21(13-23(24)25)26(34)28(36)30(4)5/h7-13,17-18H,14-16H2,1-6H3. The van der Waals surface area contributed by atoms with E-state index in [1.165, 1.54) is 49.3 Å². The average Bonchev–Trinajstić information content (AvgIpc) is 3.17. The number of hydrogen-bond acceptors (Lipinski definition) is 6. The molecule has 0 saturated carbocycles. The van der Waals surface area contributed by atoms with Crippen molar-refractivity contribution in [1.29, 1.82) is 0 Å². The van der Waals surface area contributed by atoms with Crippen molar-refractivity contribution < 1.29 is 27.2 Å². The SMILES string of the molecule is Cc1c(C(=O)N2CC(C)N(Cc3ccc(F)cc3)CC2C)c2cc(C(=O)C(=O)N(C)C)ccc2n1S(C)(=O)=O. The second-order valence-corrected chi connectivity index (χ2v) is 12.3. The number of carbonyl (C=O) groups excluding carboxylic acids is 3. The number of benzene rings is 2. The van der Waals surface area contributed by atoms with Crippen LogP contribution in [0.15, 0.2) is 42.5 Å². The largest absolute Gasteiger partial charge is 0.342 e. The first-order valence-electron chi connectivity index (χ1n) is 12.6. The molecule has 39 heavy (non-hydrogen) atoms. The summed E-state index contributed by atoms with van der Waals surface area (Å²) in [7, 11) is -0.849. The molecule has 11 heteroatoms. The molecule has 0 aliphatic carbocycles. The topological polar surface area (TPSA) is 100 Å². The Morgan fingerprint density at radius 2 is 1.64 bits per heavy atom. The Labute approximate surface area is 227 Å². The number of nitrogens with zero attached hydrogens (tertiary/aromatic N) is 4. The zero-order valence-electron chi connectivity index (χ0n) is 22.9. The maximum Gasteiger partial charge on any atom is 0.294 e. The molecule has 2 aromatic carbocycles. The van der Waals surface area contributed by atoms with Crippen molar-refractivity contribution in [3.05, 3.63) is 70.7 Å². The van der Waals surface area contributed by atoms with Crippen LogP contribution in [0.4, 0.5) is 4.39 Å². The molecule has 1 aromatic heterocycles. The molecule has 4 rings (SSSR count). The molecular formula is C28H33FN4O5S. The van der Waals surface area contributed by atoms with E-state index in [2.05, 4.69) is 4.90 Å². The molecule has 3 aromatic rings. The molecule has 2 atom stereocenters. The first kappa shape index (κ1) is 28.4. The second-order valence-electron chi connectivity index (χ2n) is 10.5. The Morgan fingerprint density at radius 3 is 2.23 bits per heavy atom. The van der Waals surface area contributed by atoms with Gasteiger partial charge >= 0.3 is 0 Å². The first-order valence-corrected chi connectivity index (χ1v) is 14.5. The summed E-state index contributed by atoms with van der Waals surface area (Å²) in [5.74, 6) is -2.11. The normalized spacial score (nSPS) is 18.4. The van der Waals surface area contributed by atoms with Gasteiger partial charge in [0.05, 0.1) is 17.3 Å². The van der Waals surface area contributed by atoms with Crippen LogP contribution in [-0.4, -0.2) is 90.2 Å². The minimum absolute atomic E-state index is 0.0198.